The molecular formula is C20H20N2O4. The van der Waals surface area contributed by atoms with Crippen LogP contribution in [0.25, 0.3) is 0 Å². The molecule has 0 fully saturated rings. The minimum Gasteiger partial charge on any atom is -0.494 e. The van der Waals surface area contributed by atoms with E-state index in [2.05, 4.69) is 5.32 Å². The van der Waals surface area contributed by atoms with Crippen LogP contribution in [-0.2, 0) is 14.3 Å². The quantitative estimate of drug-likeness (QED) is 0.582. The first-order chi connectivity index (χ1) is 12.6. The van der Waals surface area contributed by atoms with E-state index in [1.165, 1.54) is 6.92 Å². The third-order valence-electron chi connectivity index (χ3n) is 3.47. The van der Waals surface area contributed by atoms with Crippen LogP contribution in [0.1, 0.15) is 25.3 Å². The molecule has 0 unspecified atom stereocenters. The molecule has 2 rings (SSSR count). The number of carbonyl (C=O) groups is 2. The van der Waals surface area contributed by atoms with Gasteiger partial charge in [0.2, 0.25) is 0 Å². The molecule has 0 radical (unpaired) electrons. The lowest BCUT2D eigenvalue weighted by atomic mass is 10.2. The smallest absolute Gasteiger partial charge is 0.306 e. The molecule has 6 nitrogen and oxygen atoms in total. The topological polar surface area (TPSA) is 88.4 Å². The van der Waals surface area contributed by atoms with Crippen LogP contribution in [0.15, 0.2) is 54.6 Å². The van der Waals surface area contributed by atoms with Gasteiger partial charge in [-0.25, -0.2) is 0 Å². The van der Waals surface area contributed by atoms with Gasteiger partial charge in [-0.2, -0.15) is 5.26 Å². The van der Waals surface area contributed by atoms with Gasteiger partial charge in [0.05, 0.1) is 18.2 Å². The third-order valence-corrected chi connectivity index (χ3v) is 3.47. The van der Waals surface area contributed by atoms with Crippen molar-refractivity contribution in [1.29, 1.82) is 5.26 Å². The number of amides is 1. The van der Waals surface area contributed by atoms with Gasteiger partial charge in [0.1, 0.15) is 5.75 Å². The number of benzene rings is 2. The highest BCUT2D eigenvalue weighted by molar-refractivity contribution is 5.95. The average Bonchev–Trinajstić information content (AvgIpc) is 2.66. The fourth-order valence-corrected chi connectivity index (χ4v) is 2.14. The maximum atomic E-state index is 12.1. The number of nitrogens with zero attached hydrogens (tertiary/aromatic N) is 1. The Kier molecular flexibility index (Phi) is 7.19. The van der Waals surface area contributed by atoms with Crippen LogP contribution < -0.4 is 10.1 Å². The Morgan fingerprint density at radius 3 is 2.65 bits per heavy atom. The molecule has 0 aliphatic rings. The summed E-state index contributed by atoms with van der Waals surface area (Å²) in [7, 11) is 0. The van der Waals surface area contributed by atoms with Crippen molar-refractivity contribution in [3.05, 3.63) is 60.2 Å². The zero-order valence-electron chi connectivity index (χ0n) is 14.5. The molecule has 0 saturated heterocycles. The molecule has 0 heterocycles. The highest BCUT2D eigenvalue weighted by Crippen LogP contribution is 2.11. The zero-order valence-corrected chi connectivity index (χ0v) is 14.5. The second kappa shape index (κ2) is 9.84. The first kappa shape index (κ1) is 19.0. The maximum absolute atomic E-state index is 12.1. The lowest BCUT2D eigenvalue weighted by Crippen LogP contribution is -2.30. The van der Waals surface area contributed by atoms with E-state index in [1.54, 1.807) is 24.3 Å². The molecule has 0 spiro atoms. The zero-order chi connectivity index (χ0) is 18.8. The van der Waals surface area contributed by atoms with Gasteiger partial charge in [-0.05, 0) is 43.7 Å². The predicted octanol–water partition coefficient (Wildman–Crippen LogP) is 3.29. The van der Waals surface area contributed by atoms with Crippen LogP contribution in [0.3, 0.4) is 0 Å². The number of ether oxygens (including phenoxy) is 2. The summed E-state index contributed by atoms with van der Waals surface area (Å²) in [6.45, 7) is 1.89. The lowest BCUT2D eigenvalue weighted by molar-refractivity contribution is -0.153. The number of carbonyl (C=O) groups excluding carboxylic acids is 2. The molecule has 0 aromatic heterocycles. The molecule has 1 atom stereocenters. The molecule has 0 aliphatic carbocycles. The summed E-state index contributed by atoms with van der Waals surface area (Å²) in [4.78, 5) is 23.9. The summed E-state index contributed by atoms with van der Waals surface area (Å²) in [5.41, 5.74) is 0.916. The Balaban J connectivity index is 1.70. The Morgan fingerprint density at radius 2 is 1.92 bits per heavy atom. The van der Waals surface area contributed by atoms with Gasteiger partial charge in [0.15, 0.2) is 6.10 Å². The maximum Gasteiger partial charge on any atom is 0.306 e. The molecule has 0 aliphatic heterocycles. The Morgan fingerprint density at radius 1 is 1.15 bits per heavy atom. The second-order valence-electron chi connectivity index (χ2n) is 5.58. The van der Waals surface area contributed by atoms with E-state index in [0.717, 1.165) is 5.75 Å². The lowest BCUT2D eigenvalue weighted by Gasteiger charge is -2.13. The highest BCUT2D eigenvalue weighted by Gasteiger charge is 2.17. The number of esters is 1. The SMILES string of the molecule is C[C@H](OC(=O)CCCOc1ccccc1)C(=O)Nc1cccc(C#N)c1. The van der Waals surface area contributed by atoms with E-state index in [9.17, 15) is 9.59 Å². The van der Waals surface area contributed by atoms with E-state index in [4.69, 9.17) is 14.7 Å². The molecule has 0 saturated carbocycles. The number of nitrogens with one attached hydrogen (secondary N) is 1. The number of hydrogen-bond acceptors (Lipinski definition) is 5. The van der Waals surface area contributed by atoms with Crippen molar-refractivity contribution >= 4 is 17.6 Å². The molecule has 26 heavy (non-hydrogen) atoms. The van der Waals surface area contributed by atoms with Gasteiger partial charge in [-0.1, -0.05) is 24.3 Å². The number of para-hydroxylation sites is 1. The van der Waals surface area contributed by atoms with Crippen LogP contribution >= 0.6 is 0 Å². The van der Waals surface area contributed by atoms with Gasteiger partial charge in [0, 0.05) is 12.1 Å². The Hall–Kier alpha value is -3.33. The summed E-state index contributed by atoms with van der Waals surface area (Å²) >= 11 is 0. The van der Waals surface area contributed by atoms with Gasteiger partial charge in [-0.15, -0.1) is 0 Å². The minimum absolute atomic E-state index is 0.161. The number of nitriles is 1. The molecule has 134 valence electrons. The predicted molar refractivity (Wildman–Crippen MR) is 96.5 cm³/mol. The standard InChI is InChI=1S/C20H20N2O4/c1-15(20(24)22-17-8-5-7-16(13-17)14-21)26-19(23)11-6-12-25-18-9-3-2-4-10-18/h2-5,7-10,13,15H,6,11-12H2,1H3,(H,22,24)/t15-/m0/s1. The summed E-state index contributed by atoms with van der Waals surface area (Å²) in [5.74, 6) is -0.169. The second-order valence-corrected chi connectivity index (χ2v) is 5.58. The van der Waals surface area contributed by atoms with Crippen molar-refractivity contribution in [3.8, 4) is 11.8 Å². The van der Waals surface area contributed by atoms with Crippen molar-refractivity contribution in [2.75, 3.05) is 11.9 Å². The van der Waals surface area contributed by atoms with Gasteiger partial charge < -0.3 is 14.8 Å². The van der Waals surface area contributed by atoms with E-state index < -0.39 is 18.0 Å². The third kappa shape index (κ3) is 6.29. The number of hydrogen-bond donors (Lipinski definition) is 1. The molecule has 0 bridgehead atoms. The fourth-order valence-electron chi connectivity index (χ4n) is 2.14. The molecule has 2 aromatic carbocycles. The van der Waals surface area contributed by atoms with E-state index in [1.807, 2.05) is 36.4 Å². The number of anilines is 1. The van der Waals surface area contributed by atoms with Crippen molar-refractivity contribution in [2.45, 2.75) is 25.9 Å². The summed E-state index contributed by atoms with van der Waals surface area (Å²) in [6.07, 6.45) is -0.274. The molecule has 1 N–H and O–H groups in total. The van der Waals surface area contributed by atoms with Crippen molar-refractivity contribution in [1.82, 2.24) is 0 Å². The van der Waals surface area contributed by atoms with Crippen molar-refractivity contribution < 1.29 is 19.1 Å². The van der Waals surface area contributed by atoms with Gasteiger partial charge in [0.25, 0.3) is 5.91 Å². The summed E-state index contributed by atoms with van der Waals surface area (Å²) in [5, 5.41) is 11.5. The molecular weight excluding hydrogens is 332 g/mol. The van der Waals surface area contributed by atoms with Gasteiger partial charge in [-0.3, -0.25) is 9.59 Å². The highest BCUT2D eigenvalue weighted by atomic mass is 16.5. The first-order valence-corrected chi connectivity index (χ1v) is 8.27. The largest absolute Gasteiger partial charge is 0.494 e. The van der Waals surface area contributed by atoms with E-state index in [-0.39, 0.29) is 6.42 Å². The number of rotatable bonds is 8. The van der Waals surface area contributed by atoms with Gasteiger partial charge >= 0.3 is 5.97 Å². The minimum atomic E-state index is -0.928. The van der Waals surface area contributed by atoms with Crippen LogP contribution in [-0.4, -0.2) is 24.6 Å². The monoisotopic (exact) mass is 352 g/mol. The molecule has 2 aromatic rings. The molecule has 1 amide bonds. The van der Waals surface area contributed by atoms with E-state index in [0.29, 0.717) is 24.3 Å². The molecule has 6 heteroatoms. The van der Waals surface area contributed by atoms with Crippen LogP contribution in [0, 0.1) is 11.3 Å². The average molecular weight is 352 g/mol. The summed E-state index contributed by atoms with van der Waals surface area (Å²) < 4.78 is 10.6. The summed E-state index contributed by atoms with van der Waals surface area (Å²) in [6, 6.07) is 17.8. The fraction of sp³-hybridized carbons (Fsp3) is 0.250. The van der Waals surface area contributed by atoms with E-state index >= 15 is 0 Å². The Bertz CT molecular complexity index is 784. The van der Waals surface area contributed by atoms with Crippen LogP contribution in [0.5, 0.6) is 5.75 Å². The Labute approximate surface area is 152 Å². The normalized spacial score (nSPS) is 11.1. The first-order valence-electron chi connectivity index (χ1n) is 8.27. The van der Waals surface area contributed by atoms with Crippen molar-refractivity contribution in [3.63, 3.8) is 0 Å². The van der Waals surface area contributed by atoms with Crippen LogP contribution in [0.2, 0.25) is 0 Å². The van der Waals surface area contributed by atoms with Crippen molar-refractivity contribution in [2.24, 2.45) is 0 Å². The van der Waals surface area contributed by atoms with Crippen LogP contribution in [0.4, 0.5) is 5.69 Å².